The Kier molecular flexibility index (Phi) is 6.32. The van der Waals surface area contributed by atoms with Crippen molar-refractivity contribution in [3.05, 3.63) is 62.6 Å². The summed E-state index contributed by atoms with van der Waals surface area (Å²) in [7, 11) is -3.65. The predicted molar refractivity (Wildman–Crippen MR) is 101 cm³/mol. The SMILES string of the molecule is CS(=O)(=O)c1cc([N+](=O)[O-])ccc1NCCNC(=O)c1cccc(Br)c1. The zero-order chi connectivity index (χ0) is 19.3. The summed E-state index contributed by atoms with van der Waals surface area (Å²) >= 11 is 3.29. The summed E-state index contributed by atoms with van der Waals surface area (Å²) < 4.78 is 24.5. The maximum absolute atomic E-state index is 12.0. The summed E-state index contributed by atoms with van der Waals surface area (Å²) in [5.41, 5.74) is 0.431. The maximum Gasteiger partial charge on any atom is 0.270 e. The molecule has 8 nitrogen and oxygen atoms in total. The van der Waals surface area contributed by atoms with Gasteiger partial charge in [0, 0.05) is 41.5 Å². The minimum absolute atomic E-state index is 0.162. The fraction of sp³-hybridized carbons (Fsp3) is 0.188. The van der Waals surface area contributed by atoms with E-state index in [4.69, 9.17) is 0 Å². The minimum Gasteiger partial charge on any atom is -0.382 e. The number of nitro benzene ring substituents is 1. The van der Waals surface area contributed by atoms with E-state index in [-0.39, 0.29) is 35.3 Å². The molecule has 26 heavy (non-hydrogen) atoms. The summed E-state index contributed by atoms with van der Waals surface area (Å²) in [6, 6.07) is 10.5. The fourth-order valence-electron chi connectivity index (χ4n) is 2.18. The molecule has 0 radical (unpaired) electrons. The van der Waals surface area contributed by atoms with Crippen LogP contribution in [0.3, 0.4) is 0 Å². The summed E-state index contributed by atoms with van der Waals surface area (Å²) in [5, 5.41) is 16.4. The van der Waals surface area contributed by atoms with Gasteiger partial charge in [0.25, 0.3) is 11.6 Å². The van der Waals surface area contributed by atoms with Gasteiger partial charge in [-0.15, -0.1) is 0 Å². The van der Waals surface area contributed by atoms with E-state index in [9.17, 15) is 23.3 Å². The monoisotopic (exact) mass is 441 g/mol. The van der Waals surface area contributed by atoms with Gasteiger partial charge in [0.2, 0.25) is 0 Å². The number of benzene rings is 2. The second-order valence-corrected chi connectivity index (χ2v) is 8.30. The highest BCUT2D eigenvalue weighted by Crippen LogP contribution is 2.26. The van der Waals surface area contributed by atoms with Crippen molar-refractivity contribution in [2.45, 2.75) is 4.90 Å². The van der Waals surface area contributed by atoms with E-state index in [0.717, 1.165) is 16.8 Å². The molecule has 0 aromatic heterocycles. The molecule has 0 unspecified atom stereocenters. The molecule has 0 aliphatic rings. The molecule has 10 heteroatoms. The molecule has 0 aliphatic carbocycles. The van der Waals surface area contributed by atoms with Crippen molar-refractivity contribution >= 4 is 43.0 Å². The lowest BCUT2D eigenvalue weighted by atomic mass is 10.2. The van der Waals surface area contributed by atoms with E-state index in [2.05, 4.69) is 26.6 Å². The zero-order valence-corrected chi connectivity index (χ0v) is 16.1. The van der Waals surface area contributed by atoms with Crippen LogP contribution in [0.5, 0.6) is 0 Å². The van der Waals surface area contributed by atoms with Crippen LogP contribution < -0.4 is 10.6 Å². The number of hydrogen-bond acceptors (Lipinski definition) is 6. The average Bonchev–Trinajstić information content (AvgIpc) is 2.57. The molecule has 0 saturated carbocycles. The lowest BCUT2D eigenvalue weighted by Gasteiger charge is -2.11. The second kappa shape index (κ2) is 8.28. The molecule has 0 saturated heterocycles. The van der Waals surface area contributed by atoms with E-state index in [0.29, 0.717) is 5.56 Å². The highest BCUT2D eigenvalue weighted by molar-refractivity contribution is 9.10. The summed E-state index contributed by atoms with van der Waals surface area (Å²) in [5.74, 6) is -0.264. The highest BCUT2D eigenvalue weighted by Gasteiger charge is 2.18. The number of amides is 1. The van der Waals surface area contributed by atoms with Crippen molar-refractivity contribution in [2.24, 2.45) is 0 Å². The molecule has 2 N–H and O–H groups in total. The number of hydrogen-bond donors (Lipinski definition) is 2. The molecule has 1 amide bonds. The lowest BCUT2D eigenvalue weighted by Crippen LogP contribution is -2.29. The molecule has 0 fully saturated rings. The van der Waals surface area contributed by atoms with Crippen molar-refractivity contribution in [3.8, 4) is 0 Å². The Bertz CT molecular complexity index is 947. The Hall–Kier alpha value is -2.46. The van der Waals surface area contributed by atoms with Gasteiger partial charge in [0.15, 0.2) is 9.84 Å². The Balaban J connectivity index is 2.01. The molecule has 0 bridgehead atoms. The molecule has 0 heterocycles. The van der Waals surface area contributed by atoms with Crippen LogP contribution in [-0.2, 0) is 9.84 Å². The van der Waals surface area contributed by atoms with Crippen LogP contribution in [0.25, 0.3) is 0 Å². The molecule has 2 aromatic carbocycles. The topological polar surface area (TPSA) is 118 Å². The quantitative estimate of drug-likeness (QED) is 0.387. The van der Waals surface area contributed by atoms with Gasteiger partial charge in [-0.05, 0) is 24.3 Å². The zero-order valence-electron chi connectivity index (χ0n) is 13.7. The van der Waals surface area contributed by atoms with Crippen LogP contribution in [0, 0.1) is 10.1 Å². The van der Waals surface area contributed by atoms with Crippen molar-refractivity contribution in [1.82, 2.24) is 5.32 Å². The van der Waals surface area contributed by atoms with Crippen molar-refractivity contribution < 1.29 is 18.1 Å². The van der Waals surface area contributed by atoms with E-state index >= 15 is 0 Å². The number of non-ortho nitro benzene ring substituents is 1. The van der Waals surface area contributed by atoms with E-state index < -0.39 is 14.8 Å². The van der Waals surface area contributed by atoms with Crippen molar-refractivity contribution in [1.29, 1.82) is 0 Å². The first-order valence-electron chi connectivity index (χ1n) is 7.44. The number of nitrogens with one attached hydrogen (secondary N) is 2. The largest absolute Gasteiger partial charge is 0.382 e. The smallest absolute Gasteiger partial charge is 0.270 e. The van der Waals surface area contributed by atoms with Crippen molar-refractivity contribution in [2.75, 3.05) is 24.7 Å². The van der Waals surface area contributed by atoms with Gasteiger partial charge in [0.05, 0.1) is 15.5 Å². The van der Waals surface area contributed by atoms with Crippen LogP contribution in [0.2, 0.25) is 0 Å². The van der Waals surface area contributed by atoms with Gasteiger partial charge in [-0.2, -0.15) is 0 Å². The number of halogens is 1. The third kappa shape index (κ3) is 5.27. The first kappa shape index (κ1) is 19.9. The number of carbonyl (C=O) groups is 1. The molecular formula is C16H16BrN3O5S. The predicted octanol–water partition coefficient (Wildman–Crippen LogP) is 2.60. The number of carbonyl (C=O) groups excluding carboxylic acids is 1. The first-order valence-corrected chi connectivity index (χ1v) is 10.1. The van der Waals surface area contributed by atoms with Gasteiger partial charge in [-0.25, -0.2) is 8.42 Å². The van der Waals surface area contributed by atoms with Gasteiger partial charge in [-0.3, -0.25) is 14.9 Å². The molecule has 2 rings (SSSR count). The van der Waals surface area contributed by atoms with Crippen LogP contribution in [0.15, 0.2) is 51.8 Å². The Morgan fingerprint density at radius 1 is 1.19 bits per heavy atom. The lowest BCUT2D eigenvalue weighted by molar-refractivity contribution is -0.385. The molecule has 0 spiro atoms. The number of nitrogens with zero attached hydrogens (tertiary/aromatic N) is 1. The van der Waals surface area contributed by atoms with Gasteiger partial charge >= 0.3 is 0 Å². The average molecular weight is 442 g/mol. The first-order chi connectivity index (χ1) is 12.2. The molecular weight excluding hydrogens is 426 g/mol. The van der Waals surface area contributed by atoms with Gasteiger partial charge < -0.3 is 10.6 Å². The van der Waals surface area contributed by atoms with Crippen molar-refractivity contribution in [3.63, 3.8) is 0 Å². The fourth-order valence-corrected chi connectivity index (χ4v) is 3.46. The number of sulfone groups is 1. The number of nitro groups is 1. The van der Waals surface area contributed by atoms with Crippen LogP contribution >= 0.6 is 15.9 Å². The summed E-state index contributed by atoms with van der Waals surface area (Å²) in [4.78, 5) is 22.0. The minimum atomic E-state index is -3.65. The summed E-state index contributed by atoms with van der Waals surface area (Å²) in [6.07, 6.45) is 0.978. The third-order valence-corrected chi connectivity index (χ3v) is 5.02. The molecule has 2 aromatic rings. The summed E-state index contributed by atoms with van der Waals surface area (Å²) in [6.45, 7) is 0.492. The second-order valence-electron chi connectivity index (χ2n) is 5.40. The maximum atomic E-state index is 12.0. The van der Waals surface area contributed by atoms with Crippen LogP contribution in [0.1, 0.15) is 10.4 Å². The Morgan fingerprint density at radius 2 is 1.92 bits per heavy atom. The normalized spacial score (nSPS) is 11.0. The molecule has 0 atom stereocenters. The third-order valence-electron chi connectivity index (χ3n) is 3.39. The van der Waals surface area contributed by atoms with Crippen LogP contribution in [-0.4, -0.2) is 38.6 Å². The molecule has 0 aliphatic heterocycles. The Morgan fingerprint density at radius 3 is 2.54 bits per heavy atom. The van der Waals surface area contributed by atoms with E-state index in [1.165, 1.54) is 12.1 Å². The molecule has 138 valence electrons. The van der Waals surface area contributed by atoms with E-state index in [1.54, 1.807) is 24.3 Å². The van der Waals surface area contributed by atoms with Gasteiger partial charge in [0.1, 0.15) is 0 Å². The number of anilines is 1. The Labute approximate surface area is 158 Å². The van der Waals surface area contributed by atoms with E-state index in [1.807, 2.05) is 0 Å². The van der Waals surface area contributed by atoms with Gasteiger partial charge in [-0.1, -0.05) is 22.0 Å². The standard InChI is InChI=1S/C16H16BrN3O5S/c1-26(24,25)15-10-13(20(22)23)5-6-14(15)18-7-8-19-16(21)11-3-2-4-12(17)9-11/h2-6,9-10,18H,7-8H2,1H3,(H,19,21). The highest BCUT2D eigenvalue weighted by atomic mass is 79.9. The number of rotatable bonds is 7. The van der Waals surface area contributed by atoms with Crippen LogP contribution in [0.4, 0.5) is 11.4 Å².